The summed E-state index contributed by atoms with van der Waals surface area (Å²) in [6.45, 7) is 10.6. The largest absolute Gasteiger partial charge is 0.329 e. The Morgan fingerprint density at radius 2 is 1.71 bits per heavy atom. The number of nitrogens with two attached hydrogens (primary N) is 1. The van der Waals surface area contributed by atoms with E-state index in [9.17, 15) is 8.42 Å². The molecule has 0 spiro atoms. The third kappa shape index (κ3) is 3.80. The van der Waals surface area contributed by atoms with Crippen LogP contribution in [0.25, 0.3) is 0 Å². The van der Waals surface area contributed by atoms with Crippen LogP contribution in [-0.2, 0) is 10.0 Å². The highest BCUT2D eigenvalue weighted by Gasteiger charge is 2.47. The molecule has 1 fully saturated rings. The van der Waals surface area contributed by atoms with E-state index in [-0.39, 0.29) is 5.54 Å². The zero-order valence-corrected chi connectivity index (χ0v) is 15.3. The van der Waals surface area contributed by atoms with E-state index in [0.717, 1.165) is 38.0 Å². The van der Waals surface area contributed by atoms with Crippen LogP contribution < -0.4 is 5.73 Å². The Morgan fingerprint density at radius 3 is 2.05 bits per heavy atom. The third-order valence-corrected chi connectivity index (χ3v) is 7.71. The van der Waals surface area contributed by atoms with Crippen molar-refractivity contribution >= 4 is 10.0 Å². The molecule has 0 amide bonds. The lowest BCUT2D eigenvalue weighted by atomic mass is 9.75. The van der Waals surface area contributed by atoms with Crippen molar-refractivity contribution in [2.45, 2.75) is 83.4 Å². The van der Waals surface area contributed by atoms with E-state index in [1.54, 1.807) is 25.1 Å². The molecule has 1 aliphatic rings. The second-order valence-electron chi connectivity index (χ2n) is 7.47. The highest BCUT2D eigenvalue weighted by Crippen LogP contribution is 2.40. The van der Waals surface area contributed by atoms with Crippen LogP contribution in [0.1, 0.15) is 73.1 Å². The molecule has 21 heavy (non-hydrogen) atoms. The van der Waals surface area contributed by atoms with E-state index in [1.807, 2.05) is 6.92 Å². The highest BCUT2D eigenvalue weighted by atomic mass is 32.2. The van der Waals surface area contributed by atoms with E-state index in [1.165, 1.54) is 6.42 Å². The number of hydrogen-bond acceptors (Lipinski definition) is 3. The summed E-state index contributed by atoms with van der Waals surface area (Å²) < 4.78 is 27.0. The number of nitrogens with zero attached hydrogens (tertiary/aromatic N) is 1. The molecule has 2 N–H and O–H groups in total. The van der Waals surface area contributed by atoms with Gasteiger partial charge in [-0.1, -0.05) is 20.3 Å². The lowest BCUT2D eigenvalue weighted by Crippen LogP contribution is -2.61. The molecule has 0 aliphatic heterocycles. The summed E-state index contributed by atoms with van der Waals surface area (Å²) in [5, 5.41) is 0. The average molecular weight is 319 g/mol. The molecular weight excluding hydrogens is 284 g/mol. The van der Waals surface area contributed by atoms with Crippen LogP contribution in [0.3, 0.4) is 0 Å². The number of hydrogen-bond donors (Lipinski definition) is 1. The summed E-state index contributed by atoms with van der Waals surface area (Å²) in [7, 11) is -3.34. The molecule has 1 aliphatic carbocycles. The predicted molar refractivity (Wildman–Crippen MR) is 89.7 cm³/mol. The molecule has 5 heteroatoms. The molecule has 0 saturated heterocycles. The normalized spacial score (nSPS) is 28.0. The summed E-state index contributed by atoms with van der Waals surface area (Å²) in [6, 6.07) is 0. The Hall–Kier alpha value is -0.130. The maximum atomic E-state index is 13.0. The lowest BCUT2D eigenvalue weighted by molar-refractivity contribution is 0.108. The summed E-state index contributed by atoms with van der Waals surface area (Å²) >= 11 is 0. The summed E-state index contributed by atoms with van der Waals surface area (Å²) in [5.74, 6) is 0.727. The van der Waals surface area contributed by atoms with Crippen molar-refractivity contribution in [2.75, 3.05) is 13.1 Å². The summed E-state index contributed by atoms with van der Waals surface area (Å²) in [5.41, 5.74) is 5.72. The number of sulfonamides is 1. The molecule has 0 aromatic heterocycles. The fourth-order valence-corrected chi connectivity index (χ4v) is 5.18. The van der Waals surface area contributed by atoms with E-state index >= 15 is 0 Å². The molecule has 4 nitrogen and oxygen atoms in total. The standard InChI is InChI=1S/C16H34N2O2S/c1-6-12-18(21(19,20)15(3,4)5)16(13-17)10-8-14(7-2)9-11-16/h14H,6-13,17H2,1-5H3. The SMILES string of the molecule is CCCN(C1(CN)CCC(CC)CC1)S(=O)(=O)C(C)(C)C. The first-order valence-corrected chi connectivity index (χ1v) is 9.81. The molecular formula is C16H34N2O2S. The molecule has 0 atom stereocenters. The first-order valence-electron chi connectivity index (χ1n) is 8.37. The van der Waals surface area contributed by atoms with Gasteiger partial charge in [0.05, 0.1) is 4.75 Å². The van der Waals surface area contributed by atoms with Gasteiger partial charge in [-0.3, -0.25) is 0 Å². The minimum Gasteiger partial charge on any atom is -0.329 e. The molecule has 0 heterocycles. The van der Waals surface area contributed by atoms with Crippen molar-refractivity contribution in [1.29, 1.82) is 0 Å². The fourth-order valence-electron chi connectivity index (χ4n) is 3.32. The second kappa shape index (κ2) is 6.97. The Balaban J connectivity index is 3.14. The average Bonchev–Trinajstić information content (AvgIpc) is 2.43. The van der Waals surface area contributed by atoms with Crippen LogP contribution in [0.2, 0.25) is 0 Å². The monoisotopic (exact) mass is 318 g/mol. The van der Waals surface area contributed by atoms with Gasteiger partial charge in [0.2, 0.25) is 10.0 Å². The number of rotatable bonds is 6. The molecule has 0 aromatic rings. The van der Waals surface area contributed by atoms with E-state index in [4.69, 9.17) is 5.73 Å². The van der Waals surface area contributed by atoms with Crippen molar-refractivity contribution in [3.05, 3.63) is 0 Å². The van der Waals surface area contributed by atoms with E-state index in [2.05, 4.69) is 6.92 Å². The highest BCUT2D eigenvalue weighted by molar-refractivity contribution is 7.90. The van der Waals surface area contributed by atoms with Gasteiger partial charge in [0.15, 0.2) is 0 Å². The summed E-state index contributed by atoms with van der Waals surface area (Å²) in [4.78, 5) is 0. The van der Waals surface area contributed by atoms with Gasteiger partial charge in [-0.2, -0.15) is 4.31 Å². The van der Waals surface area contributed by atoms with Crippen molar-refractivity contribution in [3.8, 4) is 0 Å². The van der Waals surface area contributed by atoms with Crippen LogP contribution >= 0.6 is 0 Å². The van der Waals surface area contributed by atoms with E-state index in [0.29, 0.717) is 13.1 Å². The molecule has 0 bridgehead atoms. The van der Waals surface area contributed by atoms with Gasteiger partial charge in [-0.15, -0.1) is 0 Å². The Kier molecular flexibility index (Phi) is 6.28. The molecule has 0 radical (unpaired) electrons. The zero-order chi connectivity index (χ0) is 16.3. The van der Waals surface area contributed by atoms with Crippen molar-refractivity contribution < 1.29 is 8.42 Å². The predicted octanol–water partition coefficient (Wildman–Crippen LogP) is 3.12. The van der Waals surface area contributed by atoms with Gasteiger partial charge in [0.25, 0.3) is 0 Å². The smallest absolute Gasteiger partial charge is 0.219 e. The van der Waals surface area contributed by atoms with Crippen LogP contribution in [0.15, 0.2) is 0 Å². The summed E-state index contributed by atoms with van der Waals surface area (Å²) in [6.07, 6.45) is 5.99. The lowest BCUT2D eigenvalue weighted by Gasteiger charge is -2.48. The molecule has 1 rings (SSSR count). The Bertz CT molecular complexity index is 418. The second-order valence-corrected chi connectivity index (χ2v) is 10.1. The minimum atomic E-state index is -3.34. The topological polar surface area (TPSA) is 63.4 Å². The first-order chi connectivity index (χ1) is 9.64. The van der Waals surface area contributed by atoms with Crippen LogP contribution in [-0.4, -0.2) is 36.1 Å². The van der Waals surface area contributed by atoms with Gasteiger partial charge < -0.3 is 5.73 Å². The maximum Gasteiger partial charge on any atom is 0.219 e. The minimum absolute atomic E-state index is 0.367. The van der Waals surface area contributed by atoms with Gasteiger partial charge in [-0.25, -0.2) is 8.42 Å². The van der Waals surface area contributed by atoms with Crippen LogP contribution in [0.5, 0.6) is 0 Å². The van der Waals surface area contributed by atoms with Crippen molar-refractivity contribution in [3.63, 3.8) is 0 Å². The van der Waals surface area contributed by atoms with E-state index < -0.39 is 14.8 Å². The van der Waals surface area contributed by atoms with Gasteiger partial charge in [0.1, 0.15) is 0 Å². The van der Waals surface area contributed by atoms with Gasteiger partial charge in [-0.05, 0) is 58.8 Å². The maximum absolute atomic E-state index is 13.0. The first kappa shape index (κ1) is 18.9. The Labute approximate surface area is 131 Å². The molecule has 0 aromatic carbocycles. The van der Waals surface area contributed by atoms with Gasteiger partial charge in [0, 0.05) is 18.6 Å². The third-order valence-electron chi connectivity index (χ3n) is 5.01. The Morgan fingerprint density at radius 1 is 1.19 bits per heavy atom. The fraction of sp³-hybridized carbons (Fsp3) is 1.00. The molecule has 1 saturated carbocycles. The van der Waals surface area contributed by atoms with Crippen LogP contribution in [0.4, 0.5) is 0 Å². The van der Waals surface area contributed by atoms with Crippen LogP contribution in [0, 0.1) is 5.92 Å². The zero-order valence-electron chi connectivity index (χ0n) is 14.5. The van der Waals surface area contributed by atoms with Gasteiger partial charge >= 0.3 is 0 Å². The molecule has 126 valence electrons. The van der Waals surface area contributed by atoms with Crippen molar-refractivity contribution in [2.24, 2.45) is 11.7 Å². The van der Waals surface area contributed by atoms with Crippen molar-refractivity contribution in [1.82, 2.24) is 4.31 Å². The molecule has 0 unspecified atom stereocenters. The quantitative estimate of drug-likeness (QED) is 0.818.